The Bertz CT molecular complexity index is 369. The van der Waals surface area contributed by atoms with E-state index in [1.165, 1.54) is 0 Å². The van der Waals surface area contributed by atoms with E-state index in [1.807, 2.05) is 6.92 Å². The second kappa shape index (κ2) is 3.17. The lowest BCUT2D eigenvalue weighted by atomic mass is 9.71. The number of aliphatic carboxylic acids is 1. The molecule has 0 bridgehead atoms. The van der Waals surface area contributed by atoms with E-state index in [0.717, 1.165) is 0 Å². The summed E-state index contributed by atoms with van der Waals surface area (Å²) in [5.41, 5.74) is 0.0980. The topological polar surface area (TPSA) is 74.6 Å². The molecule has 0 aliphatic heterocycles. The van der Waals surface area contributed by atoms with Gasteiger partial charge in [-0.15, -0.1) is 0 Å². The van der Waals surface area contributed by atoms with E-state index in [4.69, 9.17) is 5.11 Å². The zero-order chi connectivity index (χ0) is 11.2. The third kappa shape index (κ3) is 1.32. The first-order valence-electron chi connectivity index (χ1n) is 5.15. The third-order valence-corrected chi connectivity index (χ3v) is 3.76. The first kappa shape index (κ1) is 10.4. The van der Waals surface area contributed by atoms with E-state index < -0.39 is 17.5 Å². The molecule has 0 unspecified atom stereocenters. The SMILES string of the molecule is C[C@]12CCC(=O)C(C(=O)O)=C1CC[C@@H]2O. The Kier molecular flexibility index (Phi) is 2.19. The molecule has 4 nitrogen and oxygen atoms in total. The summed E-state index contributed by atoms with van der Waals surface area (Å²) in [6.45, 7) is 1.86. The fourth-order valence-corrected chi connectivity index (χ4v) is 2.73. The van der Waals surface area contributed by atoms with E-state index >= 15 is 0 Å². The van der Waals surface area contributed by atoms with Gasteiger partial charge in [0, 0.05) is 11.8 Å². The van der Waals surface area contributed by atoms with Gasteiger partial charge in [-0.25, -0.2) is 4.79 Å². The number of rotatable bonds is 1. The lowest BCUT2D eigenvalue weighted by Crippen LogP contribution is -2.35. The number of hydrogen-bond donors (Lipinski definition) is 2. The fourth-order valence-electron chi connectivity index (χ4n) is 2.73. The molecular formula is C11H14O4. The number of carboxylic acids is 1. The number of aliphatic hydroxyl groups excluding tert-OH is 1. The van der Waals surface area contributed by atoms with Crippen LogP contribution in [0.1, 0.15) is 32.6 Å². The zero-order valence-corrected chi connectivity index (χ0v) is 8.62. The quantitative estimate of drug-likeness (QED) is 0.630. The molecule has 2 aliphatic rings. The molecule has 0 spiro atoms. The van der Waals surface area contributed by atoms with Crippen LogP contribution in [0.3, 0.4) is 0 Å². The fraction of sp³-hybridized carbons (Fsp3) is 0.636. The van der Waals surface area contributed by atoms with Gasteiger partial charge in [0.15, 0.2) is 5.78 Å². The lowest BCUT2D eigenvalue weighted by molar-refractivity contribution is -0.135. The first-order valence-corrected chi connectivity index (χ1v) is 5.15. The molecule has 0 aromatic heterocycles. The number of carbonyl (C=O) groups is 2. The van der Waals surface area contributed by atoms with Crippen molar-refractivity contribution in [3.8, 4) is 0 Å². The molecule has 82 valence electrons. The minimum absolute atomic E-state index is 0.0692. The predicted octanol–water partition coefficient (Wildman–Crippen LogP) is 0.891. The molecule has 0 saturated heterocycles. The number of Topliss-reactive ketones (excluding diaryl/α,β-unsaturated/α-hetero) is 1. The van der Waals surface area contributed by atoms with Crippen LogP contribution in [0, 0.1) is 5.41 Å². The van der Waals surface area contributed by atoms with Gasteiger partial charge in [-0.05, 0) is 24.8 Å². The van der Waals surface area contributed by atoms with Crippen molar-refractivity contribution in [2.75, 3.05) is 0 Å². The summed E-state index contributed by atoms with van der Waals surface area (Å²) in [6, 6.07) is 0. The second-order valence-corrected chi connectivity index (χ2v) is 4.55. The first-order chi connectivity index (χ1) is 6.97. The summed E-state index contributed by atoms with van der Waals surface area (Å²) in [5, 5.41) is 18.8. The molecule has 0 aromatic carbocycles. The van der Waals surface area contributed by atoms with Crippen molar-refractivity contribution in [3.05, 3.63) is 11.1 Å². The van der Waals surface area contributed by atoms with Gasteiger partial charge in [-0.1, -0.05) is 6.92 Å². The van der Waals surface area contributed by atoms with Crippen LogP contribution in [0.5, 0.6) is 0 Å². The van der Waals surface area contributed by atoms with Crippen LogP contribution >= 0.6 is 0 Å². The maximum atomic E-state index is 11.5. The molecule has 0 heterocycles. The molecule has 2 N–H and O–H groups in total. The van der Waals surface area contributed by atoms with Crippen molar-refractivity contribution in [3.63, 3.8) is 0 Å². The Labute approximate surface area is 87.6 Å². The molecular weight excluding hydrogens is 196 g/mol. The van der Waals surface area contributed by atoms with Gasteiger partial charge in [-0.3, -0.25) is 4.79 Å². The summed E-state index contributed by atoms with van der Waals surface area (Å²) in [4.78, 5) is 22.5. The molecule has 4 heteroatoms. The number of fused-ring (bicyclic) bond motifs is 1. The van der Waals surface area contributed by atoms with Crippen LogP contribution in [0.25, 0.3) is 0 Å². The molecule has 2 aliphatic carbocycles. The summed E-state index contributed by atoms with van der Waals surface area (Å²) >= 11 is 0. The van der Waals surface area contributed by atoms with Crippen molar-refractivity contribution < 1.29 is 19.8 Å². The minimum atomic E-state index is -1.14. The van der Waals surface area contributed by atoms with Crippen LogP contribution in [0.2, 0.25) is 0 Å². The van der Waals surface area contributed by atoms with Gasteiger partial charge in [-0.2, -0.15) is 0 Å². The highest BCUT2D eigenvalue weighted by molar-refractivity contribution is 6.18. The summed E-state index contributed by atoms with van der Waals surface area (Å²) in [7, 11) is 0. The molecule has 15 heavy (non-hydrogen) atoms. The van der Waals surface area contributed by atoms with Crippen molar-refractivity contribution in [1.29, 1.82) is 0 Å². The van der Waals surface area contributed by atoms with Gasteiger partial charge in [0.2, 0.25) is 0 Å². The van der Waals surface area contributed by atoms with E-state index in [1.54, 1.807) is 0 Å². The van der Waals surface area contributed by atoms with Crippen LogP contribution in [-0.2, 0) is 9.59 Å². The Hall–Kier alpha value is -1.16. The van der Waals surface area contributed by atoms with Crippen molar-refractivity contribution in [2.24, 2.45) is 5.41 Å². The summed E-state index contributed by atoms with van der Waals surface area (Å²) in [5.74, 6) is -1.43. The van der Waals surface area contributed by atoms with Crippen molar-refractivity contribution in [1.82, 2.24) is 0 Å². The van der Waals surface area contributed by atoms with Crippen LogP contribution < -0.4 is 0 Å². The molecule has 2 atom stereocenters. The highest BCUT2D eigenvalue weighted by Gasteiger charge is 2.48. The van der Waals surface area contributed by atoms with Crippen LogP contribution in [-0.4, -0.2) is 28.1 Å². The summed E-state index contributed by atoms with van der Waals surface area (Å²) in [6.07, 6.45) is 1.40. The Morgan fingerprint density at radius 1 is 1.47 bits per heavy atom. The zero-order valence-electron chi connectivity index (χ0n) is 8.62. The predicted molar refractivity (Wildman–Crippen MR) is 52.3 cm³/mol. The van der Waals surface area contributed by atoms with Gasteiger partial charge < -0.3 is 10.2 Å². The Morgan fingerprint density at radius 3 is 2.73 bits per heavy atom. The number of hydrogen-bond acceptors (Lipinski definition) is 3. The Morgan fingerprint density at radius 2 is 2.13 bits per heavy atom. The highest BCUT2D eigenvalue weighted by Crippen LogP contribution is 2.50. The van der Waals surface area contributed by atoms with E-state index in [0.29, 0.717) is 24.8 Å². The standard InChI is InChI=1S/C11H14O4/c1-11-5-4-7(12)9(10(14)15)6(11)2-3-8(11)13/h8,13H,2-5H2,1H3,(H,14,15)/t8-,11-/m0/s1. The minimum Gasteiger partial charge on any atom is -0.478 e. The number of ketones is 1. The number of aliphatic hydroxyl groups is 1. The number of carbonyl (C=O) groups excluding carboxylic acids is 1. The second-order valence-electron chi connectivity index (χ2n) is 4.55. The largest absolute Gasteiger partial charge is 0.478 e. The average molecular weight is 210 g/mol. The van der Waals surface area contributed by atoms with Gasteiger partial charge >= 0.3 is 5.97 Å². The van der Waals surface area contributed by atoms with Gasteiger partial charge in [0.05, 0.1) is 6.10 Å². The maximum Gasteiger partial charge on any atom is 0.339 e. The normalized spacial score (nSPS) is 35.6. The lowest BCUT2D eigenvalue weighted by Gasteiger charge is -2.33. The van der Waals surface area contributed by atoms with Crippen molar-refractivity contribution >= 4 is 11.8 Å². The molecule has 1 fully saturated rings. The van der Waals surface area contributed by atoms with Crippen LogP contribution in [0.4, 0.5) is 0 Å². The molecule has 0 aromatic rings. The van der Waals surface area contributed by atoms with Gasteiger partial charge in [0.1, 0.15) is 5.57 Å². The average Bonchev–Trinajstić information content (AvgIpc) is 2.44. The van der Waals surface area contributed by atoms with E-state index in [9.17, 15) is 14.7 Å². The third-order valence-electron chi connectivity index (χ3n) is 3.76. The molecule has 2 rings (SSSR count). The van der Waals surface area contributed by atoms with Gasteiger partial charge in [0.25, 0.3) is 0 Å². The van der Waals surface area contributed by atoms with E-state index in [2.05, 4.69) is 0 Å². The Balaban J connectivity index is 2.56. The number of carboxylic acid groups (broad SMARTS) is 1. The van der Waals surface area contributed by atoms with E-state index in [-0.39, 0.29) is 17.8 Å². The monoisotopic (exact) mass is 210 g/mol. The summed E-state index contributed by atoms with van der Waals surface area (Å²) < 4.78 is 0. The molecule has 0 amide bonds. The maximum absolute atomic E-state index is 11.5. The highest BCUT2D eigenvalue weighted by atomic mass is 16.4. The molecule has 0 radical (unpaired) electrons. The van der Waals surface area contributed by atoms with Crippen LogP contribution in [0.15, 0.2) is 11.1 Å². The smallest absolute Gasteiger partial charge is 0.339 e. The van der Waals surface area contributed by atoms with Crippen molar-refractivity contribution in [2.45, 2.75) is 38.7 Å². The molecule has 1 saturated carbocycles.